The lowest BCUT2D eigenvalue weighted by molar-refractivity contribution is 0.135. The summed E-state index contributed by atoms with van der Waals surface area (Å²) in [6, 6.07) is 5.49. The van der Waals surface area contributed by atoms with Gasteiger partial charge in [0.1, 0.15) is 11.5 Å². The molecule has 0 atom stereocenters. The SMILES string of the molecule is O=C(O)N1CCc2nc(-c3ccccn3)oc2C1. The van der Waals surface area contributed by atoms with Gasteiger partial charge in [0.25, 0.3) is 0 Å². The maximum absolute atomic E-state index is 10.9. The number of carbonyl (C=O) groups is 1. The molecule has 92 valence electrons. The van der Waals surface area contributed by atoms with Gasteiger partial charge in [0.2, 0.25) is 5.89 Å². The third-order valence-electron chi connectivity index (χ3n) is 2.89. The molecular formula is C12H11N3O3. The third-order valence-corrected chi connectivity index (χ3v) is 2.89. The number of hydrogen-bond donors (Lipinski definition) is 1. The molecule has 0 fully saturated rings. The molecule has 2 aromatic rings. The monoisotopic (exact) mass is 245 g/mol. The Morgan fingerprint density at radius 2 is 2.33 bits per heavy atom. The first kappa shape index (κ1) is 10.8. The van der Waals surface area contributed by atoms with E-state index in [4.69, 9.17) is 9.52 Å². The van der Waals surface area contributed by atoms with Crippen LogP contribution in [0.3, 0.4) is 0 Å². The summed E-state index contributed by atoms with van der Waals surface area (Å²) < 4.78 is 5.59. The molecule has 3 rings (SSSR count). The summed E-state index contributed by atoms with van der Waals surface area (Å²) in [5, 5.41) is 8.94. The minimum Gasteiger partial charge on any atom is -0.465 e. The van der Waals surface area contributed by atoms with E-state index in [-0.39, 0.29) is 6.54 Å². The van der Waals surface area contributed by atoms with Crippen LogP contribution in [-0.4, -0.2) is 32.6 Å². The van der Waals surface area contributed by atoms with Gasteiger partial charge in [-0.3, -0.25) is 4.98 Å². The van der Waals surface area contributed by atoms with Crippen LogP contribution < -0.4 is 0 Å². The molecule has 0 saturated carbocycles. The lowest BCUT2D eigenvalue weighted by atomic mass is 10.2. The van der Waals surface area contributed by atoms with E-state index in [1.807, 2.05) is 18.2 Å². The first-order valence-electron chi connectivity index (χ1n) is 5.62. The van der Waals surface area contributed by atoms with Gasteiger partial charge in [-0.1, -0.05) is 6.07 Å². The molecule has 0 aliphatic carbocycles. The molecule has 0 unspecified atom stereocenters. The van der Waals surface area contributed by atoms with Crippen molar-refractivity contribution in [1.82, 2.24) is 14.9 Å². The highest BCUT2D eigenvalue weighted by atomic mass is 16.4. The molecule has 0 spiro atoms. The molecule has 6 heteroatoms. The number of rotatable bonds is 1. The highest BCUT2D eigenvalue weighted by molar-refractivity contribution is 5.65. The Bertz CT molecular complexity index is 580. The second-order valence-corrected chi connectivity index (χ2v) is 4.06. The predicted octanol–water partition coefficient (Wildman–Crippen LogP) is 1.77. The molecule has 18 heavy (non-hydrogen) atoms. The van der Waals surface area contributed by atoms with Gasteiger partial charge in [-0.25, -0.2) is 9.78 Å². The fourth-order valence-electron chi connectivity index (χ4n) is 1.96. The highest BCUT2D eigenvalue weighted by Gasteiger charge is 2.25. The molecular weight excluding hydrogens is 234 g/mol. The van der Waals surface area contributed by atoms with Crippen molar-refractivity contribution < 1.29 is 14.3 Å². The average molecular weight is 245 g/mol. The fourth-order valence-corrected chi connectivity index (χ4v) is 1.96. The number of amides is 1. The molecule has 1 aliphatic heterocycles. The molecule has 6 nitrogen and oxygen atoms in total. The average Bonchev–Trinajstić information content (AvgIpc) is 2.82. The van der Waals surface area contributed by atoms with Crippen LogP contribution in [0.15, 0.2) is 28.8 Å². The standard InChI is InChI=1S/C12H11N3O3/c16-12(17)15-6-4-8-10(7-15)18-11(14-8)9-3-1-2-5-13-9/h1-3,5H,4,6-7H2,(H,16,17). The summed E-state index contributed by atoms with van der Waals surface area (Å²) in [4.78, 5) is 20.7. The van der Waals surface area contributed by atoms with Crippen molar-refractivity contribution in [2.24, 2.45) is 0 Å². The molecule has 3 heterocycles. The van der Waals surface area contributed by atoms with E-state index >= 15 is 0 Å². The smallest absolute Gasteiger partial charge is 0.407 e. The lowest BCUT2D eigenvalue weighted by Crippen LogP contribution is -2.34. The first-order valence-corrected chi connectivity index (χ1v) is 5.62. The van der Waals surface area contributed by atoms with Gasteiger partial charge < -0.3 is 14.4 Å². The van der Waals surface area contributed by atoms with Crippen molar-refractivity contribution in [3.05, 3.63) is 35.9 Å². The normalized spacial score (nSPS) is 14.3. The second-order valence-electron chi connectivity index (χ2n) is 4.06. The maximum Gasteiger partial charge on any atom is 0.407 e. The summed E-state index contributed by atoms with van der Waals surface area (Å²) in [7, 11) is 0. The van der Waals surface area contributed by atoms with Crippen LogP contribution in [-0.2, 0) is 13.0 Å². The van der Waals surface area contributed by atoms with E-state index in [0.29, 0.717) is 30.3 Å². The van der Waals surface area contributed by atoms with Crippen molar-refractivity contribution in [2.45, 2.75) is 13.0 Å². The van der Waals surface area contributed by atoms with E-state index in [1.54, 1.807) is 6.20 Å². The van der Waals surface area contributed by atoms with Crippen LogP contribution in [0.2, 0.25) is 0 Å². The van der Waals surface area contributed by atoms with Crippen molar-refractivity contribution in [2.75, 3.05) is 6.54 Å². The summed E-state index contributed by atoms with van der Waals surface area (Å²) >= 11 is 0. The summed E-state index contributed by atoms with van der Waals surface area (Å²) in [5.41, 5.74) is 1.49. The van der Waals surface area contributed by atoms with Crippen LogP contribution in [0.4, 0.5) is 4.79 Å². The lowest BCUT2D eigenvalue weighted by Gasteiger charge is -2.21. The van der Waals surface area contributed by atoms with Crippen molar-refractivity contribution in [3.8, 4) is 11.6 Å². The van der Waals surface area contributed by atoms with Gasteiger partial charge in [0, 0.05) is 19.2 Å². The van der Waals surface area contributed by atoms with Crippen molar-refractivity contribution >= 4 is 6.09 Å². The number of nitrogens with zero attached hydrogens (tertiary/aromatic N) is 3. The minimum absolute atomic E-state index is 0.254. The minimum atomic E-state index is -0.934. The van der Waals surface area contributed by atoms with Gasteiger partial charge in [0.15, 0.2) is 0 Å². The number of oxazole rings is 1. The third kappa shape index (κ3) is 1.81. The molecule has 1 aliphatic rings. The van der Waals surface area contributed by atoms with E-state index in [1.165, 1.54) is 4.90 Å². The molecule has 0 saturated heterocycles. The summed E-state index contributed by atoms with van der Waals surface area (Å²) in [6.45, 7) is 0.709. The van der Waals surface area contributed by atoms with E-state index in [0.717, 1.165) is 5.69 Å². The predicted molar refractivity (Wildman–Crippen MR) is 61.9 cm³/mol. The molecule has 0 aromatic carbocycles. The number of aromatic nitrogens is 2. The number of carboxylic acid groups (broad SMARTS) is 1. The zero-order chi connectivity index (χ0) is 12.5. The molecule has 1 amide bonds. The van der Waals surface area contributed by atoms with Gasteiger partial charge in [-0.2, -0.15) is 0 Å². The summed E-state index contributed by atoms with van der Waals surface area (Å²) in [5.74, 6) is 1.07. The molecule has 2 aromatic heterocycles. The quantitative estimate of drug-likeness (QED) is 0.828. The maximum atomic E-state index is 10.9. The topological polar surface area (TPSA) is 79.5 Å². The second kappa shape index (κ2) is 4.14. The van der Waals surface area contributed by atoms with Gasteiger partial charge in [-0.15, -0.1) is 0 Å². The van der Waals surface area contributed by atoms with Crippen LogP contribution in [0.5, 0.6) is 0 Å². The number of hydrogen-bond acceptors (Lipinski definition) is 4. The zero-order valence-electron chi connectivity index (χ0n) is 9.54. The van der Waals surface area contributed by atoms with E-state index in [9.17, 15) is 4.79 Å². The van der Waals surface area contributed by atoms with Crippen LogP contribution in [0.1, 0.15) is 11.5 Å². The van der Waals surface area contributed by atoms with Crippen LogP contribution >= 0.6 is 0 Å². The van der Waals surface area contributed by atoms with Crippen molar-refractivity contribution in [1.29, 1.82) is 0 Å². The number of fused-ring (bicyclic) bond motifs is 1. The molecule has 1 N–H and O–H groups in total. The Hall–Kier alpha value is -2.37. The van der Waals surface area contributed by atoms with Crippen LogP contribution in [0.25, 0.3) is 11.6 Å². The Morgan fingerprint density at radius 3 is 3.06 bits per heavy atom. The van der Waals surface area contributed by atoms with Gasteiger partial charge in [-0.05, 0) is 12.1 Å². The van der Waals surface area contributed by atoms with Crippen LogP contribution in [0, 0.1) is 0 Å². The molecule has 0 bridgehead atoms. The van der Waals surface area contributed by atoms with Gasteiger partial charge in [0.05, 0.1) is 12.2 Å². The Kier molecular flexibility index (Phi) is 2.47. The van der Waals surface area contributed by atoms with E-state index in [2.05, 4.69) is 9.97 Å². The fraction of sp³-hybridized carbons (Fsp3) is 0.250. The first-order chi connectivity index (χ1) is 8.74. The Labute approximate surface area is 103 Å². The zero-order valence-corrected chi connectivity index (χ0v) is 9.54. The number of pyridine rings is 1. The van der Waals surface area contributed by atoms with Gasteiger partial charge >= 0.3 is 6.09 Å². The van der Waals surface area contributed by atoms with Crippen molar-refractivity contribution in [3.63, 3.8) is 0 Å². The molecule has 0 radical (unpaired) electrons. The highest BCUT2D eigenvalue weighted by Crippen LogP contribution is 2.24. The largest absolute Gasteiger partial charge is 0.465 e. The Balaban J connectivity index is 1.92. The summed E-state index contributed by atoms with van der Waals surface area (Å²) in [6.07, 6.45) is 1.32. The van der Waals surface area contributed by atoms with E-state index < -0.39 is 6.09 Å². The Morgan fingerprint density at radius 1 is 1.44 bits per heavy atom.